The molecule has 0 radical (unpaired) electrons. The predicted octanol–water partition coefficient (Wildman–Crippen LogP) is 2.66. The third kappa shape index (κ3) is 5.30. The number of carbonyl (C=O) groups excluding carboxylic acids is 1. The van der Waals surface area contributed by atoms with Crippen molar-refractivity contribution < 1.29 is 9.53 Å². The number of amides is 1. The van der Waals surface area contributed by atoms with Gasteiger partial charge in [-0.15, -0.1) is 0 Å². The lowest BCUT2D eigenvalue weighted by Gasteiger charge is -2.15. The molecule has 1 aromatic rings. The number of hydrogen-bond donors (Lipinski definition) is 2. The van der Waals surface area contributed by atoms with Crippen molar-refractivity contribution in [1.29, 1.82) is 0 Å². The Hall–Kier alpha value is -1.55. The van der Waals surface area contributed by atoms with Crippen molar-refractivity contribution in [2.75, 3.05) is 25.0 Å². The number of benzene rings is 1. The average molecular weight is 264 g/mol. The highest BCUT2D eigenvalue weighted by Gasteiger charge is 2.14. The standard InChI is InChI=1S/C15H24N2O2/c1-4-10-19-14-9-7-6-8-13(14)17-15(18)12(3)11-16-5-2/h6-9,12,16H,4-5,10-11H2,1-3H3,(H,17,18). The van der Waals surface area contributed by atoms with Gasteiger partial charge in [0.15, 0.2) is 0 Å². The molecular formula is C15H24N2O2. The number of nitrogens with one attached hydrogen (secondary N) is 2. The third-order valence-corrected chi connectivity index (χ3v) is 2.75. The fraction of sp³-hybridized carbons (Fsp3) is 0.533. The van der Waals surface area contributed by atoms with Crippen molar-refractivity contribution in [3.8, 4) is 5.75 Å². The summed E-state index contributed by atoms with van der Waals surface area (Å²) in [5.41, 5.74) is 0.740. The van der Waals surface area contributed by atoms with E-state index in [0.29, 0.717) is 13.2 Å². The molecule has 0 aliphatic rings. The van der Waals surface area contributed by atoms with Crippen molar-refractivity contribution in [2.45, 2.75) is 27.2 Å². The summed E-state index contributed by atoms with van der Waals surface area (Å²) < 4.78 is 5.62. The van der Waals surface area contributed by atoms with Gasteiger partial charge in [0.25, 0.3) is 0 Å². The van der Waals surface area contributed by atoms with Crippen LogP contribution in [0.1, 0.15) is 27.2 Å². The molecule has 1 atom stereocenters. The first kappa shape index (κ1) is 15.5. The second-order valence-electron chi connectivity index (χ2n) is 4.54. The lowest BCUT2D eigenvalue weighted by atomic mass is 10.1. The molecule has 4 heteroatoms. The number of anilines is 1. The second-order valence-corrected chi connectivity index (χ2v) is 4.54. The zero-order chi connectivity index (χ0) is 14.1. The highest BCUT2D eigenvalue weighted by Crippen LogP contribution is 2.24. The maximum Gasteiger partial charge on any atom is 0.228 e. The normalized spacial score (nSPS) is 11.9. The number of para-hydroxylation sites is 2. The predicted molar refractivity (Wildman–Crippen MR) is 78.6 cm³/mol. The third-order valence-electron chi connectivity index (χ3n) is 2.75. The molecule has 4 nitrogen and oxygen atoms in total. The summed E-state index contributed by atoms with van der Waals surface area (Å²) in [6.07, 6.45) is 0.944. The van der Waals surface area contributed by atoms with E-state index in [9.17, 15) is 4.79 Å². The molecule has 19 heavy (non-hydrogen) atoms. The monoisotopic (exact) mass is 264 g/mol. The van der Waals surface area contributed by atoms with E-state index >= 15 is 0 Å². The van der Waals surface area contributed by atoms with Gasteiger partial charge in [0.05, 0.1) is 12.3 Å². The van der Waals surface area contributed by atoms with Crippen LogP contribution in [0.5, 0.6) is 5.75 Å². The van der Waals surface area contributed by atoms with Crippen molar-refractivity contribution in [1.82, 2.24) is 5.32 Å². The van der Waals surface area contributed by atoms with E-state index in [2.05, 4.69) is 17.6 Å². The van der Waals surface area contributed by atoms with Gasteiger partial charge in [-0.25, -0.2) is 0 Å². The first-order chi connectivity index (χ1) is 9.19. The number of carbonyl (C=O) groups is 1. The van der Waals surface area contributed by atoms with Crippen molar-refractivity contribution in [3.05, 3.63) is 24.3 Å². The first-order valence-corrected chi connectivity index (χ1v) is 6.92. The van der Waals surface area contributed by atoms with Gasteiger partial charge in [-0.05, 0) is 25.1 Å². The van der Waals surface area contributed by atoms with Crippen LogP contribution in [-0.4, -0.2) is 25.6 Å². The van der Waals surface area contributed by atoms with Gasteiger partial charge in [-0.3, -0.25) is 4.79 Å². The summed E-state index contributed by atoms with van der Waals surface area (Å²) in [7, 11) is 0. The summed E-state index contributed by atoms with van der Waals surface area (Å²) in [6.45, 7) is 8.19. The topological polar surface area (TPSA) is 50.4 Å². The SMILES string of the molecule is CCCOc1ccccc1NC(=O)C(C)CNCC. The second kappa shape index (κ2) is 8.53. The molecule has 1 rings (SSSR count). The molecule has 1 aromatic carbocycles. The van der Waals surface area contributed by atoms with Crippen LogP contribution < -0.4 is 15.4 Å². The van der Waals surface area contributed by atoms with Crippen molar-refractivity contribution in [3.63, 3.8) is 0 Å². The fourth-order valence-electron chi connectivity index (χ4n) is 1.62. The minimum Gasteiger partial charge on any atom is -0.491 e. The minimum atomic E-state index is -0.0702. The molecule has 0 aromatic heterocycles. The van der Waals surface area contributed by atoms with Crippen LogP contribution in [0, 0.1) is 5.92 Å². The van der Waals surface area contributed by atoms with Gasteiger partial charge >= 0.3 is 0 Å². The van der Waals surface area contributed by atoms with E-state index in [1.54, 1.807) is 0 Å². The van der Waals surface area contributed by atoms with Crippen LogP contribution in [0.2, 0.25) is 0 Å². The van der Waals surface area contributed by atoms with Crippen LogP contribution in [0.25, 0.3) is 0 Å². The molecule has 0 spiro atoms. The molecule has 0 bridgehead atoms. The lowest BCUT2D eigenvalue weighted by molar-refractivity contribution is -0.119. The van der Waals surface area contributed by atoms with Crippen LogP contribution in [0.15, 0.2) is 24.3 Å². The average Bonchev–Trinajstić information content (AvgIpc) is 2.43. The molecule has 0 saturated heterocycles. The molecule has 0 aliphatic carbocycles. The van der Waals surface area contributed by atoms with Crippen LogP contribution >= 0.6 is 0 Å². The van der Waals surface area contributed by atoms with Gasteiger partial charge in [-0.1, -0.05) is 32.9 Å². The lowest BCUT2D eigenvalue weighted by Crippen LogP contribution is -2.30. The van der Waals surface area contributed by atoms with Gasteiger partial charge in [0, 0.05) is 12.5 Å². The van der Waals surface area contributed by atoms with E-state index < -0.39 is 0 Å². The summed E-state index contributed by atoms with van der Waals surface area (Å²) in [5, 5.41) is 6.10. The highest BCUT2D eigenvalue weighted by atomic mass is 16.5. The number of hydrogen-bond acceptors (Lipinski definition) is 3. The first-order valence-electron chi connectivity index (χ1n) is 6.92. The Bertz CT molecular complexity index is 393. The number of ether oxygens (including phenoxy) is 1. The molecular weight excluding hydrogens is 240 g/mol. The Labute approximate surface area is 115 Å². The summed E-state index contributed by atoms with van der Waals surface area (Å²) in [6, 6.07) is 7.54. The van der Waals surface area contributed by atoms with E-state index in [4.69, 9.17) is 4.74 Å². The van der Waals surface area contributed by atoms with Crippen LogP contribution in [-0.2, 0) is 4.79 Å². The fourth-order valence-corrected chi connectivity index (χ4v) is 1.62. The quantitative estimate of drug-likeness (QED) is 0.759. The molecule has 0 heterocycles. The molecule has 1 amide bonds. The van der Waals surface area contributed by atoms with Crippen LogP contribution in [0.3, 0.4) is 0 Å². The molecule has 2 N–H and O–H groups in total. The molecule has 1 unspecified atom stereocenters. The zero-order valence-corrected chi connectivity index (χ0v) is 12.0. The zero-order valence-electron chi connectivity index (χ0n) is 12.0. The highest BCUT2D eigenvalue weighted by molar-refractivity contribution is 5.93. The van der Waals surface area contributed by atoms with Gasteiger partial charge in [0.2, 0.25) is 5.91 Å². The Morgan fingerprint density at radius 2 is 2.05 bits per heavy atom. The van der Waals surface area contributed by atoms with Crippen molar-refractivity contribution >= 4 is 11.6 Å². The summed E-state index contributed by atoms with van der Waals surface area (Å²) >= 11 is 0. The Balaban J connectivity index is 2.62. The summed E-state index contributed by atoms with van der Waals surface area (Å²) in [5.74, 6) is 0.668. The smallest absolute Gasteiger partial charge is 0.228 e. The largest absolute Gasteiger partial charge is 0.491 e. The maximum absolute atomic E-state index is 12.0. The van der Waals surface area contributed by atoms with Crippen LogP contribution in [0.4, 0.5) is 5.69 Å². The Kier molecular flexibility index (Phi) is 6.97. The molecule has 0 aliphatic heterocycles. The number of rotatable bonds is 8. The Morgan fingerprint density at radius 1 is 1.32 bits per heavy atom. The van der Waals surface area contributed by atoms with Gasteiger partial charge in [-0.2, -0.15) is 0 Å². The molecule has 106 valence electrons. The van der Waals surface area contributed by atoms with Crippen molar-refractivity contribution in [2.24, 2.45) is 5.92 Å². The Morgan fingerprint density at radius 3 is 2.74 bits per heavy atom. The molecule has 0 fully saturated rings. The van der Waals surface area contributed by atoms with E-state index in [-0.39, 0.29) is 11.8 Å². The van der Waals surface area contributed by atoms with Gasteiger partial charge in [0.1, 0.15) is 5.75 Å². The summed E-state index contributed by atoms with van der Waals surface area (Å²) in [4.78, 5) is 12.0. The van der Waals surface area contributed by atoms with Gasteiger partial charge < -0.3 is 15.4 Å². The molecule has 0 saturated carbocycles. The van der Waals surface area contributed by atoms with E-state index in [1.165, 1.54) is 0 Å². The minimum absolute atomic E-state index is 0.00787. The van der Waals surface area contributed by atoms with E-state index in [0.717, 1.165) is 24.4 Å². The van der Waals surface area contributed by atoms with E-state index in [1.807, 2.05) is 38.1 Å². The maximum atomic E-state index is 12.0.